The third kappa shape index (κ3) is 6.70. The van der Waals surface area contributed by atoms with Gasteiger partial charge in [-0.3, -0.25) is 0 Å². The van der Waals surface area contributed by atoms with Gasteiger partial charge >= 0.3 is 0 Å². The van der Waals surface area contributed by atoms with Crippen LogP contribution < -0.4 is 0 Å². The summed E-state index contributed by atoms with van der Waals surface area (Å²) < 4.78 is 0. The maximum atomic E-state index is 2.42. The normalized spacial score (nSPS) is 13.9. The van der Waals surface area contributed by atoms with E-state index in [2.05, 4.69) is 32.1 Å². The van der Waals surface area contributed by atoms with E-state index >= 15 is 0 Å². The molecular weight excluding hydrogens is 154 g/mol. The van der Waals surface area contributed by atoms with Crippen molar-refractivity contribution in [3.63, 3.8) is 0 Å². The minimum atomic E-state index is 0.835. The summed E-state index contributed by atoms with van der Waals surface area (Å²) in [6.45, 7) is 7.03. The van der Waals surface area contributed by atoms with Gasteiger partial charge < -0.3 is 4.90 Å². The first-order valence-corrected chi connectivity index (χ1v) is 5.77. The second-order valence-electron chi connectivity index (χ2n) is 3.32. The van der Waals surface area contributed by atoms with Crippen LogP contribution in [0.15, 0.2) is 0 Å². The van der Waals surface area contributed by atoms with Gasteiger partial charge in [0.05, 0.1) is 0 Å². The van der Waals surface area contributed by atoms with Crippen LogP contribution in [0.3, 0.4) is 0 Å². The molecule has 0 aliphatic carbocycles. The lowest BCUT2D eigenvalue weighted by Crippen LogP contribution is -2.26. The first-order chi connectivity index (χ1) is 5.20. The van der Waals surface area contributed by atoms with Crippen LogP contribution in [0.4, 0.5) is 0 Å². The Labute approximate surface area is 75.5 Å². The van der Waals surface area contributed by atoms with Crippen molar-refractivity contribution < 1.29 is 0 Å². The molecule has 1 atom stereocenters. The van der Waals surface area contributed by atoms with Gasteiger partial charge in [0.2, 0.25) is 0 Å². The number of nitrogens with zero attached hydrogens (tertiary/aromatic N) is 1. The van der Waals surface area contributed by atoms with Crippen LogP contribution in [-0.4, -0.2) is 37.0 Å². The van der Waals surface area contributed by atoms with E-state index in [0.29, 0.717) is 0 Å². The highest BCUT2D eigenvalue weighted by Crippen LogP contribution is 2.05. The topological polar surface area (TPSA) is 3.24 Å². The fourth-order valence-electron chi connectivity index (χ4n) is 1.34. The monoisotopic (exact) mass is 175 g/mol. The Bertz CT molecular complexity index is 75.6. The van der Waals surface area contributed by atoms with Crippen molar-refractivity contribution in [2.45, 2.75) is 20.3 Å². The van der Waals surface area contributed by atoms with Gasteiger partial charge in [-0.15, -0.1) is 0 Å². The molecule has 0 aromatic rings. The van der Waals surface area contributed by atoms with E-state index in [1.165, 1.54) is 25.3 Å². The maximum absolute atomic E-state index is 2.42. The molecule has 0 aromatic heterocycles. The molecule has 11 heavy (non-hydrogen) atoms. The lowest BCUT2D eigenvalue weighted by Gasteiger charge is -2.19. The van der Waals surface area contributed by atoms with Crippen LogP contribution in [-0.2, 0) is 0 Å². The summed E-state index contributed by atoms with van der Waals surface area (Å²) in [5, 5.41) is 0. The van der Waals surface area contributed by atoms with E-state index in [1.54, 1.807) is 0 Å². The molecule has 0 heterocycles. The van der Waals surface area contributed by atoms with Crippen LogP contribution in [0.25, 0.3) is 0 Å². The Kier molecular flexibility index (Phi) is 7.18. The van der Waals surface area contributed by atoms with Crippen molar-refractivity contribution in [1.29, 1.82) is 0 Å². The molecule has 0 rings (SSSR count). The second-order valence-corrected chi connectivity index (χ2v) is 4.23. The molecule has 0 aliphatic heterocycles. The maximum Gasteiger partial charge on any atom is 0.00118 e. The predicted molar refractivity (Wildman–Crippen MR) is 55.3 cm³/mol. The highest BCUT2D eigenvalue weighted by Gasteiger charge is 2.03. The molecule has 0 radical (unpaired) electrons. The molecule has 0 saturated carbocycles. The zero-order chi connectivity index (χ0) is 8.69. The summed E-state index contributed by atoms with van der Waals surface area (Å²) in [5.41, 5.74) is 0. The lowest BCUT2D eigenvalue weighted by atomic mass is 10.2. The molecule has 0 amide bonds. The minimum absolute atomic E-state index is 0.835. The van der Waals surface area contributed by atoms with E-state index in [4.69, 9.17) is 0 Å². The number of thioether (sulfide) groups is 1. The smallest absolute Gasteiger partial charge is 0.00118 e. The van der Waals surface area contributed by atoms with Gasteiger partial charge in [-0.05, 0) is 37.9 Å². The Balaban J connectivity index is 3.32. The molecule has 1 unspecified atom stereocenters. The van der Waals surface area contributed by atoms with Gasteiger partial charge in [-0.25, -0.2) is 0 Å². The summed E-state index contributed by atoms with van der Waals surface area (Å²) in [4.78, 5) is 2.42. The Morgan fingerprint density at radius 3 is 2.55 bits per heavy atom. The summed E-state index contributed by atoms with van der Waals surface area (Å²) >= 11 is 1.94. The molecule has 0 N–H and O–H groups in total. The van der Waals surface area contributed by atoms with Crippen molar-refractivity contribution >= 4 is 11.8 Å². The van der Waals surface area contributed by atoms with Gasteiger partial charge in [-0.2, -0.15) is 11.8 Å². The number of rotatable bonds is 6. The fraction of sp³-hybridized carbons (Fsp3) is 1.00. The van der Waals surface area contributed by atoms with Crippen molar-refractivity contribution in [2.75, 3.05) is 32.1 Å². The largest absolute Gasteiger partial charge is 0.306 e. The van der Waals surface area contributed by atoms with Gasteiger partial charge in [-0.1, -0.05) is 13.8 Å². The summed E-state index contributed by atoms with van der Waals surface area (Å²) in [7, 11) is 2.21. The van der Waals surface area contributed by atoms with Gasteiger partial charge in [0, 0.05) is 6.54 Å². The Morgan fingerprint density at radius 2 is 2.09 bits per heavy atom. The third-order valence-electron chi connectivity index (χ3n) is 1.68. The second kappa shape index (κ2) is 6.99. The molecule has 0 spiro atoms. The van der Waals surface area contributed by atoms with Crippen LogP contribution >= 0.6 is 11.8 Å². The predicted octanol–water partition coefficient (Wildman–Crippen LogP) is 2.33. The van der Waals surface area contributed by atoms with E-state index in [0.717, 1.165) is 5.92 Å². The Morgan fingerprint density at radius 1 is 1.45 bits per heavy atom. The van der Waals surface area contributed by atoms with Gasteiger partial charge in [0.15, 0.2) is 0 Å². The van der Waals surface area contributed by atoms with Crippen molar-refractivity contribution in [1.82, 2.24) is 4.90 Å². The fourth-order valence-corrected chi connectivity index (χ4v) is 2.02. The molecule has 0 bridgehead atoms. The zero-order valence-electron chi connectivity index (χ0n) is 8.26. The molecule has 68 valence electrons. The molecular formula is C9H21NS. The van der Waals surface area contributed by atoms with Gasteiger partial charge in [0.1, 0.15) is 0 Å². The zero-order valence-corrected chi connectivity index (χ0v) is 9.08. The Hall–Kier alpha value is 0.310. The lowest BCUT2D eigenvalue weighted by molar-refractivity contribution is 0.298. The average Bonchev–Trinajstić information content (AvgIpc) is 1.87. The molecule has 2 heteroatoms. The number of hydrogen-bond donors (Lipinski definition) is 0. The highest BCUT2D eigenvalue weighted by atomic mass is 32.2. The molecule has 0 aliphatic rings. The average molecular weight is 175 g/mol. The minimum Gasteiger partial charge on any atom is -0.306 e. The SMILES string of the molecule is CCCN(C)CC(C)CSC. The molecule has 0 saturated heterocycles. The van der Waals surface area contributed by atoms with E-state index in [-0.39, 0.29) is 0 Å². The first-order valence-electron chi connectivity index (χ1n) is 4.38. The van der Waals surface area contributed by atoms with Crippen LogP contribution in [0.5, 0.6) is 0 Å². The van der Waals surface area contributed by atoms with E-state index in [1.807, 2.05) is 11.8 Å². The van der Waals surface area contributed by atoms with Crippen molar-refractivity contribution in [3.8, 4) is 0 Å². The quantitative estimate of drug-likeness (QED) is 0.609. The third-order valence-corrected chi connectivity index (χ3v) is 2.58. The highest BCUT2D eigenvalue weighted by molar-refractivity contribution is 7.98. The van der Waals surface area contributed by atoms with E-state index < -0.39 is 0 Å². The van der Waals surface area contributed by atoms with Crippen molar-refractivity contribution in [2.24, 2.45) is 5.92 Å². The summed E-state index contributed by atoms with van der Waals surface area (Å²) in [6.07, 6.45) is 3.44. The molecule has 0 fully saturated rings. The van der Waals surface area contributed by atoms with Crippen LogP contribution in [0, 0.1) is 5.92 Å². The molecule has 0 aromatic carbocycles. The standard InChI is InChI=1S/C9H21NS/c1-5-6-10(3)7-9(2)8-11-4/h9H,5-8H2,1-4H3. The first kappa shape index (κ1) is 11.3. The van der Waals surface area contributed by atoms with Crippen molar-refractivity contribution in [3.05, 3.63) is 0 Å². The van der Waals surface area contributed by atoms with Gasteiger partial charge in [0.25, 0.3) is 0 Å². The summed E-state index contributed by atoms with van der Waals surface area (Å²) in [6, 6.07) is 0. The van der Waals surface area contributed by atoms with E-state index in [9.17, 15) is 0 Å². The van der Waals surface area contributed by atoms with Crippen LogP contribution in [0.1, 0.15) is 20.3 Å². The number of hydrogen-bond acceptors (Lipinski definition) is 2. The van der Waals surface area contributed by atoms with Crippen LogP contribution in [0.2, 0.25) is 0 Å². The summed E-state index contributed by atoms with van der Waals surface area (Å²) in [5.74, 6) is 2.12. The molecule has 1 nitrogen and oxygen atoms in total.